The van der Waals surface area contributed by atoms with Gasteiger partial charge in [0.25, 0.3) is 5.91 Å². The maximum absolute atomic E-state index is 12.2. The lowest BCUT2D eigenvalue weighted by Gasteiger charge is -2.15. The third-order valence-corrected chi connectivity index (χ3v) is 3.81. The lowest BCUT2D eigenvalue weighted by atomic mass is 10.0. The summed E-state index contributed by atoms with van der Waals surface area (Å²) in [7, 11) is 0. The molecular formula is C17H21NO3. The van der Waals surface area contributed by atoms with Gasteiger partial charge in [0.1, 0.15) is 5.75 Å². The highest BCUT2D eigenvalue weighted by Gasteiger charge is 2.15. The average Bonchev–Trinajstić information content (AvgIpc) is 2.51. The number of nitrogens with one attached hydrogen (secondary N) is 1. The van der Waals surface area contributed by atoms with E-state index in [1.54, 1.807) is 12.1 Å². The molecule has 0 bridgehead atoms. The van der Waals surface area contributed by atoms with Crippen LogP contribution in [0.25, 0.3) is 10.8 Å². The number of rotatable bonds is 6. The van der Waals surface area contributed by atoms with Crippen LogP contribution in [0.15, 0.2) is 36.4 Å². The van der Waals surface area contributed by atoms with E-state index in [2.05, 4.69) is 5.32 Å². The summed E-state index contributed by atoms with van der Waals surface area (Å²) < 4.78 is 0. The Morgan fingerprint density at radius 3 is 2.71 bits per heavy atom. The summed E-state index contributed by atoms with van der Waals surface area (Å²) in [6.45, 7) is 2.65. The summed E-state index contributed by atoms with van der Waals surface area (Å²) >= 11 is 0. The Bertz CT molecular complexity index is 624. The summed E-state index contributed by atoms with van der Waals surface area (Å²) in [5.41, 5.74) is 0.285. The Balaban J connectivity index is 2.14. The predicted molar refractivity (Wildman–Crippen MR) is 83.4 cm³/mol. The topological polar surface area (TPSA) is 69.6 Å². The monoisotopic (exact) mass is 287 g/mol. The molecule has 0 aliphatic carbocycles. The zero-order valence-corrected chi connectivity index (χ0v) is 12.2. The second-order valence-corrected chi connectivity index (χ2v) is 5.18. The van der Waals surface area contributed by atoms with Gasteiger partial charge in [-0.3, -0.25) is 4.79 Å². The second-order valence-electron chi connectivity index (χ2n) is 5.18. The largest absolute Gasteiger partial charge is 0.506 e. The Labute approximate surface area is 124 Å². The van der Waals surface area contributed by atoms with Gasteiger partial charge in [0.15, 0.2) is 0 Å². The number of carbonyl (C=O) groups is 1. The number of amides is 1. The van der Waals surface area contributed by atoms with Crippen molar-refractivity contribution >= 4 is 16.7 Å². The van der Waals surface area contributed by atoms with Gasteiger partial charge in [-0.15, -0.1) is 0 Å². The van der Waals surface area contributed by atoms with E-state index in [1.165, 1.54) is 0 Å². The van der Waals surface area contributed by atoms with Crippen molar-refractivity contribution in [3.63, 3.8) is 0 Å². The highest BCUT2D eigenvalue weighted by molar-refractivity contribution is 6.03. The number of aliphatic hydroxyl groups excluding tert-OH is 1. The van der Waals surface area contributed by atoms with Gasteiger partial charge < -0.3 is 15.5 Å². The van der Waals surface area contributed by atoms with Crippen molar-refractivity contribution < 1.29 is 15.0 Å². The fourth-order valence-electron chi connectivity index (χ4n) is 2.40. The maximum atomic E-state index is 12.2. The molecule has 0 aromatic heterocycles. The lowest BCUT2D eigenvalue weighted by molar-refractivity contribution is 0.0941. The van der Waals surface area contributed by atoms with Crippen LogP contribution in [0.2, 0.25) is 0 Å². The molecule has 4 heteroatoms. The molecule has 1 atom stereocenters. The van der Waals surface area contributed by atoms with Crippen molar-refractivity contribution in [2.45, 2.75) is 19.8 Å². The first-order chi connectivity index (χ1) is 10.2. The summed E-state index contributed by atoms with van der Waals surface area (Å²) in [5.74, 6) is -0.0167. The van der Waals surface area contributed by atoms with Gasteiger partial charge in [-0.25, -0.2) is 0 Å². The summed E-state index contributed by atoms with van der Waals surface area (Å²) in [4.78, 5) is 12.2. The minimum atomic E-state index is -0.283. The molecule has 1 unspecified atom stereocenters. The molecule has 1 amide bonds. The van der Waals surface area contributed by atoms with E-state index in [4.69, 9.17) is 5.11 Å². The first kappa shape index (κ1) is 15.3. The standard InChI is InChI=1S/C17H21NO3/c1-2-12(9-10-19)11-18-17(21)15-8-7-13-5-3-4-6-14(13)16(15)20/h3-8,12,19-20H,2,9-11H2,1H3,(H,18,21). The number of aromatic hydroxyl groups is 1. The molecule has 2 aromatic rings. The number of carbonyl (C=O) groups excluding carboxylic acids is 1. The number of phenolic OH excluding ortho intramolecular Hbond substituents is 1. The van der Waals surface area contributed by atoms with Crippen LogP contribution in [-0.4, -0.2) is 29.3 Å². The van der Waals surface area contributed by atoms with Gasteiger partial charge >= 0.3 is 0 Å². The minimum absolute atomic E-state index is 0.0146. The number of fused-ring (bicyclic) bond motifs is 1. The van der Waals surface area contributed by atoms with Crippen molar-refractivity contribution in [3.8, 4) is 5.75 Å². The molecule has 0 aliphatic heterocycles. The molecule has 0 saturated carbocycles. The molecule has 2 aromatic carbocycles. The molecule has 0 fully saturated rings. The van der Waals surface area contributed by atoms with Crippen molar-refractivity contribution in [1.29, 1.82) is 0 Å². The van der Waals surface area contributed by atoms with Gasteiger partial charge in [0, 0.05) is 18.5 Å². The average molecular weight is 287 g/mol. The van der Waals surface area contributed by atoms with Crippen LogP contribution in [0, 0.1) is 5.92 Å². The summed E-state index contributed by atoms with van der Waals surface area (Å²) in [5, 5.41) is 23.6. The Kier molecular flexibility index (Phi) is 5.17. The molecule has 3 N–H and O–H groups in total. The molecule has 0 heterocycles. The predicted octanol–water partition coefficient (Wildman–Crippen LogP) is 2.68. The van der Waals surface area contributed by atoms with Crippen LogP contribution in [-0.2, 0) is 0 Å². The number of benzene rings is 2. The third kappa shape index (κ3) is 3.52. The van der Waals surface area contributed by atoms with E-state index < -0.39 is 0 Å². The smallest absolute Gasteiger partial charge is 0.255 e. The van der Waals surface area contributed by atoms with Crippen molar-refractivity contribution in [3.05, 3.63) is 42.0 Å². The van der Waals surface area contributed by atoms with Crippen LogP contribution >= 0.6 is 0 Å². The van der Waals surface area contributed by atoms with Gasteiger partial charge in [0.2, 0.25) is 0 Å². The van der Waals surface area contributed by atoms with Crippen LogP contribution < -0.4 is 5.32 Å². The molecule has 0 radical (unpaired) electrons. The maximum Gasteiger partial charge on any atom is 0.255 e. The third-order valence-electron chi connectivity index (χ3n) is 3.81. The fraction of sp³-hybridized carbons (Fsp3) is 0.353. The molecule has 21 heavy (non-hydrogen) atoms. The zero-order valence-electron chi connectivity index (χ0n) is 12.2. The summed E-state index contributed by atoms with van der Waals surface area (Å²) in [6.07, 6.45) is 1.56. The van der Waals surface area contributed by atoms with Gasteiger partial charge in [-0.05, 0) is 23.8 Å². The zero-order chi connectivity index (χ0) is 15.2. The Morgan fingerprint density at radius 2 is 2.00 bits per heavy atom. The van der Waals surface area contributed by atoms with Crippen LogP contribution in [0.3, 0.4) is 0 Å². The van der Waals surface area contributed by atoms with E-state index in [1.807, 2.05) is 31.2 Å². The molecule has 4 nitrogen and oxygen atoms in total. The molecule has 0 aliphatic rings. The number of hydrogen-bond acceptors (Lipinski definition) is 3. The Hall–Kier alpha value is -2.07. The fourth-order valence-corrected chi connectivity index (χ4v) is 2.40. The van der Waals surface area contributed by atoms with Crippen LogP contribution in [0.4, 0.5) is 0 Å². The Morgan fingerprint density at radius 1 is 1.24 bits per heavy atom. The number of hydrogen-bond donors (Lipinski definition) is 3. The van der Waals surface area contributed by atoms with Crippen molar-refractivity contribution in [1.82, 2.24) is 5.32 Å². The molecule has 0 saturated heterocycles. The molecule has 112 valence electrons. The van der Waals surface area contributed by atoms with Crippen LogP contribution in [0.1, 0.15) is 30.1 Å². The van der Waals surface area contributed by atoms with Gasteiger partial charge in [0.05, 0.1) is 5.56 Å². The molecule has 2 rings (SSSR count). The second kappa shape index (κ2) is 7.09. The lowest BCUT2D eigenvalue weighted by Crippen LogP contribution is -2.29. The van der Waals surface area contributed by atoms with E-state index in [-0.39, 0.29) is 29.7 Å². The van der Waals surface area contributed by atoms with Crippen molar-refractivity contribution in [2.24, 2.45) is 5.92 Å². The highest BCUT2D eigenvalue weighted by atomic mass is 16.3. The minimum Gasteiger partial charge on any atom is -0.506 e. The van der Waals surface area contributed by atoms with E-state index in [9.17, 15) is 9.90 Å². The number of aliphatic hydroxyl groups is 1. The van der Waals surface area contributed by atoms with E-state index >= 15 is 0 Å². The first-order valence-corrected chi connectivity index (χ1v) is 7.27. The molecule has 0 spiro atoms. The van der Waals surface area contributed by atoms with Gasteiger partial charge in [-0.1, -0.05) is 43.7 Å². The normalized spacial score (nSPS) is 12.3. The highest BCUT2D eigenvalue weighted by Crippen LogP contribution is 2.28. The van der Waals surface area contributed by atoms with Gasteiger partial charge in [-0.2, -0.15) is 0 Å². The van der Waals surface area contributed by atoms with E-state index in [0.717, 1.165) is 11.8 Å². The quantitative estimate of drug-likeness (QED) is 0.765. The van der Waals surface area contributed by atoms with Crippen molar-refractivity contribution in [2.75, 3.05) is 13.2 Å². The summed E-state index contributed by atoms with van der Waals surface area (Å²) in [6, 6.07) is 10.9. The molecular weight excluding hydrogens is 266 g/mol. The van der Waals surface area contributed by atoms with E-state index in [0.29, 0.717) is 18.4 Å². The first-order valence-electron chi connectivity index (χ1n) is 7.27. The SMILES string of the molecule is CCC(CCO)CNC(=O)c1ccc2ccccc2c1O. The van der Waals surface area contributed by atoms with Crippen LogP contribution in [0.5, 0.6) is 5.75 Å². The number of phenols is 1.